The lowest BCUT2D eigenvalue weighted by Gasteiger charge is -2.54. The summed E-state index contributed by atoms with van der Waals surface area (Å²) in [5.41, 5.74) is 12.7. The molecule has 0 unspecified atom stereocenters. The third kappa shape index (κ3) is 1.29. The van der Waals surface area contributed by atoms with E-state index in [1.807, 2.05) is 11.1 Å². The quantitative estimate of drug-likeness (QED) is 0.443. The van der Waals surface area contributed by atoms with Crippen LogP contribution in [-0.4, -0.2) is 0 Å². The summed E-state index contributed by atoms with van der Waals surface area (Å²) < 4.78 is 0. The molecule has 8 aliphatic carbocycles. The van der Waals surface area contributed by atoms with Crippen LogP contribution in [-0.2, 0) is 0 Å². The third-order valence-corrected chi connectivity index (χ3v) is 10.9. The fraction of sp³-hybridized carbons (Fsp3) is 0.500. The van der Waals surface area contributed by atoms with Crippen molar-refractivity contribution in [2.75, 3.05) is 0 Å². The van der Waals surface area contributed by atoms with Crippen LogP contribution < -0.4 is 0 Å². The number of hydrogen-bond donors (Lipinski definition) is 0. The van der Waals surface area contributed by atoms with Crippen molar-refractivity contribution in [3.63, 3.8) is 0 Å². The number of hydrogen-bond acceptors (Lipinski definition) is 0. The van der Waals surface area contributed by atoms with Crippen LogP contribution in [0.2, 0.25) is 0 Å². The Kier molecular flexibility index (Phi) is 2.19. The van der Waals surface area contributed by atoms with E-state index in [0.29, 0.717) is 33.5 Å². The van der Waals surface area contributed by atoms with Gasteiger partial charge in [0, 0.05) is 11.8 Å². The van der Waals surface area contributed by atoms with E-state index in [9.17, 15) is 0 Å². The fourth-order valence-electron chi connectivity index (χ4n) is 10.2. The van der Waals surface area contributed by atoms with Gasteiger partial charge in [-0.25, -0.2) is 0 Å². The summed E-state index contributed by atoms with van der Waals surface area (Å²) in [6, 6.07) is 18.8. The van der Waals surface area contributed by atoms with Crippen molar-refractivity contribution in [2.24, 2.45) is 21.7 Å². The molecule has 8 aliphatic rings. The van der Waals surface area contributed by atoms with Gasteiger partial charge in [0.2, 0.25) is 0 Å². The molecule has 2 aromatic carbocycles. The molecule has 28 heavy (non-hydrogen) atoms. The van der Waals surface area contributed by atoms with Gasteiger partial charge in [-0.05, 0) is 82.4 Å². The van der Waals surface area contributed by atoms with E-state index in [2.05, 4.69) is 62.4 Å². The van der Waals surface area contributed by atoms with Crippen molar-refractivity contribution in [1.82, 2.24) is 0 Å². The lowest BCUT2D eigenvalue weighted by atomic mass is 9.50. The van der Waals surface area contributed by atoms with Gasteiger partial charge in [0.25, 0.3) is 0 Å². The van der Waals surface area contributed by atoms with E-state index < -0.39 is 0 Å². The lowest BCUT2D eigenvalue weighted by Crippen LogP contribution is -2.42. The van der Waals surface area contributed by atoms with E-state index in [0.717, 1.165) is 0 Å². The summed E-state index contributed by atoms with van der Waals surface area (Å²) in [6.07, 6.45) is 8.83. The van der Waals surface area contributed by atoms with E-state index in [1.54, 1.807) is 22.3 Å². The molecule has 0 aliphatic heterocycles. The molecule has 0 nitrogen and oxygen atoms in total. The second-order valence-electron chi connectivity index (χ2n) is 11.9. The highest BCUT2D eigenvalue weighted by atomic mass is 14.8. The number of benzene rings is 2. The minimum atomic E-state index is 0.539. The van der Waals surface area contributed by atoms with Crippen molar-refractivity contribution in [1.29, 1.82) is 0 Å². The molecule has 10 rings (SSSR count). The maximum atomic E-state index is 2.64. The van der Waals surface area contributed by atoms with Crippen molar-refractivity contribution in [2.45, 2.75) is 64.2 Å². The SMILES string of the molecule is CC12CC34CC5=C(CC3(C1)CC2(C)C4)C1c2ccccc2C5c2ccccc21. The Morgan fingerprint density at radius 2 is 0.893 bits per heavy atom. The van der Waals surface area contributed by atoms with Crippen LogP contribution in [0, 0.1) is 21.7 Å². The second kappa shape index (κ2) is 4.07. The molecule has 0 heteroatoms. The van der Waals surface area contributed by atoms with Gasteiger partial charge < -0.3 is 0 Å². The Bertz CT molecular complexity index is 981. The van der Waals surface area contributed by atoms with Gasteiger partial charge in [-0.15, -0.1) is 0 Å². The first-order valence-corrected chi connectivity index (χ1v) is 11.4. The molecule has 6 bridgehead atoms. The van der Waals surface area contributed by atoms with Crippen LogP contribution >= 0.6 is 0 Å². The average Bonchev–Trinajstić information content (AvgIpc) is 3.23. The molecule has 0 radical (unpaired) electrons. The molecule has 140 valence electrons. The van der Waals surface area contributed by atoms with E-state index in [-0.39, 0.29) is 0 Å². The molecule has 0 N–H and O–H groups in total. The Morgan fingerprint density at radius 1 is 0.571 bits per heavy atom. The Labute approximate surface area is 168 Å². The zero-order valence-electron chi connectivity index (χ0n) is 17.0. The molecule has 0 aromatic heterocycles. The zero-order chi connectivity index (χ0) is 18.5. The van der Waals surface area contributed by atoms with Crippen LogP contribution in [0.1, 0.15) is 86.5 Å². The largest absolute Gasteiger partial charge is 0.0619 e. The molecule has 0 saturated heterocycles. The van der Waals surface area contributed by atoms with Gasteiger partial charge in [0.1, 0.15) is 0 Å². The number of allylic oxidation sites excluding steroid dienone is 2. The minimum Gasteiger partial charge on any atom is -0.0619 e. The molecule has 0 amide bonds. The van der Waals surface area contributed by atoms with Gasteiger partial charge in [-0.2, -0.15) is 0 Å². The van der Waals surface area contributed by atoms with Crippen LogP contribution in [0.5, 0.6) is 0 Å². The van der Waals surface area contributed by atoms with Gasteiger partial charge >= 0.3 is 0 Å². The van der Waals surface area contributed by atoms with Gasteiger partial charge in [0.05, 0.1) is 0 Å². The molecule has 4 saturated carbocycles. The highest BCUT2D eigenvalue weighted by molar-refractivity contribution is 5.67. The number of rotatable bonds is 0. The molecule has 0 heterocycles. The maximum Gasteiger partial charge on any atom is 0.0308 e. The summed E-state index contributed by atoms with van der Waals surface area (Å²) in [7, 11) is 0. The molecule has 2 aromatic rings. The topological polar surface area (TPSA) is 0 Å². The standard InChI is InChI=1S/C28H28/c1-25-13-27-11-21-22(12-28(27,14-25)16-26(25,2)15-27)24-18-8-4-3-7-17(18)23(21)19-9-5-6-10-20(19)24/h3-10,23-24H,11-16H2,1-2H3. The Balaban J connectivity index is 1.39. The van der Waals surface area contributed by atoms with E-state index in [4.69, 9.17) is 0 Å². The third-order valence-electron chi connectivity index (χ3n) is 10.9. The van der Waals surface area contributed by atoms with Gasteiger partial charge in [0.15, 0.2) is 0 Å². The Hall–Kier alpha value is -1.82. The first kappa shape index (κ1) is 15.1. The lowest BCUT2D eigenvalue weighted by molar-refractivity contribution is 0.0905. The Morgan fingerprint density at radius 3 is 1.21 bits per heavy atom. The highest BCUT2D eigenvalue weighted by Gasteiger charge is 2.81. The summed E-state index contributed by atoms with van der Waals surface area (Å²) >= 11 is 0. The second-order valence-corrected chi connectivity index (χ2v) is 11.9. The van der Waals surface area contributed by atoms with Gasteiger partial charge in [-0.1, -0.05) is 73.5 Å². The van der Waals surface area contributed by atoms with Crippen LogP contribution in [0.4, 0.5) is 0 Å². The van der Waals surface area contributed by atoms with Crippen LogP contribution in [0.25, 0.3) is 0 Å². The molecular formula is C28H28. The predicted octanol–water partition coefficient (Wildman–Crippen LogP) is 6.95. The minimum absolute atomic E-state index is 0.539. The summed E-state index contributed by atoms with van der Waals surface area (Å²) in [5.74, 6) is 1.08. The monoisotopic (exact) mass is 364 g/mol. The van der Waals surface area contributed by atoms with Crippen molar-refractivity contribution in [3.05, 3.63) is 81.9 Å². The molecule has 0 atom stereocenters. The van der Waals surface area contributed by atoms with Gasteiger partial charge in [-0.3, -0.25) is 0 Å². The van der Waals surface area contributed by atoms with E-state index in [1.165, 1.54) is 38.5 Å². The zero-order valence-corrected chi connectivity index (χ0v) is 17.0. The predicted molar refractivity (Wildman–Crippen MR) is 112 cm³/mol. The van der Waals surface area contributed by atoms with E-state index >= 15 is 0 Å². The first-order valence-electron chi connectivity index (χ1n) is 11.4. The summed E-state index contributed by atoms with van der Waals surface area (Å²) in [5, 5.41) is 0. The molecular weight excluding hydrogens is 336 g/mol. The summed E-state index contributed by atoms with van der Waals surface area (Å²) in [4.78, 5) is 0. The van der Waals surface area contributed by atoms with Crippen LogP contribution in [0.15, 0.2) is 59.7 Å². The van der Waals surface area contributed by atoms with Crippen molar-refractivity contribution >= 4 is 0 Å². The van der Waals surface area contributed by atoms with Crippen molar-refractivity contribution < 1.29 is 0 Å². The highest BCUT2D eigenvalue weighted by Crippen LogP contribution is 2.90. The summed E-state index contributed by atoms with van der Waals surface area (Å²) in [6.45, 7) is 5.29. The first-order chi connectivity index (χ1) is 13.5. The molecule has 2 spiro atoms. The molecule has 4 fully saturated rings. The van der Waals surface area contributed by atoms with Crippen molar-refractivity contribution in [3.8, 4) is 0 Å². The smallest absolute Gasteiger partial charge is 0.0308 e. The fourth-order valence-corrected chi connectivity index (χ4v) is 10.2. The maximum absolute atomic E-state index is 2.64. The van der Waals surface area contributed by atoms with Crippen LogP contribution in [0.3, 0.4) is 0 Å². The average molecular weight is 365 g/mol. The normalized spacial score (nSPS) is 47.9.